The zero-order valence-electron chi connectivity index (χ0n) is 12.9. The summed E-state index contributed by atoms with van der Waals surface area (Å²) in [7, 11) is -0.886. The van der Waals surface area contributed by atoms with Crippen LogP contribution in [0.1, 0.15) is 26.3 Å². The molecular weight excluding hydrogens is 270 g/mol. The molecule has 0 radical (unpaired) electrons. The Balaban J connectivity index is 2.63. The van der Waals surface area contributed by atoms with E-state index < -0.39 is 8.80 Å². The Bertz CT molecular complexity index is 403. The van der Waals surface area contributed by atoms with Crippen molar-refractivity contribution in [2.45, 2.75) is 26.8 Å². The summed E-state index contributed by atoms with van der Waals surface area (Å²) in [5.41, 5.74) is 2.17. The molecule has 0 saturated heterocycles. The van der Waals surface area contributed by atoms with Crippen molar-refractivity contribution < 1.29 is 13.3 Å². The lowest BCUT2D eigenvalue weighted by Crippen LogP contribution is -2.45. The number of hydrogen-bond donors (Lipinski definition) is 0. The van der Waals surface area contributed by atoms with Crippen LogP contribution in [0.5, 0.6) is 0 Å². The fraction of sp³-hybridized carbons (Fsp3) is 0.533. The molecule has 0 aromatic heterocycles. The first-order valence-electron chi connectivity index (χ1n) is 7.07. The maximum absolute atomic E-state index is 5.73. The quantitative estimate of drug-likeness (QED) is 0.519. The van der Waals surface area contributed by atoms with Crippen molar-refractivity contribution in [2.75, 3.05) is 26.9 Å². The summed E-state index contributed by atoms with van der Waals surface area (Å²) in [4.78, 5) is 4.60. The smallest absolute Gasteiger partial charge is 0.377 e. The lowest BCUT2D eigenvalue weighted by molar-refractivity contribution is 0.0874. The number of rotatable bonds is 9. The van der Waals surface area contributed by atoms with Crippen LogP contribution in [-0.2, 0) is 13.3 Å². The van der Waals surface area contributed by atoms with Gasteiger partial charge in [-0.1, -0.05) is 30.3 Å². The van der Waals surface area contributed by atoms with E-state index in [1.54, 1.807) is 7.11 Å². The van der Waals surface area contributed by atoms with Gasteiger partial charge < -0.3 is 13.3 Å². The third kappa shape index (κ3) is 5.17. The van der Waals surface area contributed by atoms with Gasteiger partial charge in [0.2, 0.25) is 0 Å². The van der Waals surface area contributed by atoms with Crippen molar-refractivity contribution in [1.29, 1.82) is 0 Å². The summed E-state index contributed by atoms with van der Waals surface area (Å²) in [5.74, 6) is 0. The van der Waals surface area contributed by atoms with E-state index >= 15 is 0 Å². The van der Waals surface area contributed by atoms with Crippen LogP contribution >= 0.6 is 0 Å². The third-order valence-corrected chi connectivity index (χ3v) is 5.91. The fourth-order valence-corrected chi connectivity index (χ4v) is 4.05. The second-order valence-electron chi connectivity index (χ2n) is 4.34. The zero-order valence-corrected chi connectivity index (χ0v) is 13.9. The molecule has 0 atom stereocenters. The van der Waals surface area contributed by atoms with Crippen LogP contribution in [-0.4, -0.2) is 41.4 Å². The molecule has 4 nitrogen and oxygen atoms in total. The molecule has 0 fully saturated rings. The first-order chi connectivity index (χ1) is 9.67. The number of aliphatic imine (C=N–C) groups is 1. The highest BCUT2D eigenvalue weighted by Gasteiger charge is 2.38. The van der Waals surface area contributed by atoms with Crippen molar-refractivity contribution in [1.82, 2.24) is 0 Å². The van der Waals surface area contributed by atoms with Crippen LogP contribution in [0.15, 0.2) is 35.3 Å². The van der Waals surface area contributed by atoms with Gasteiger partial charge in [-0.2, -0.15) is 0 Å². The van der Waals surface area contributed by atoms with E-state index in [2.05, 4.69) is 17.1 Å². The minimum atomic E-state index is -2.54. The maximum atomic E-state index is 5.73. The number of benzene rings is 1. The van der Waals surface area contributed by atoms with Crippen LogP contribution in [0.25, 0.3) is 0 Å². The largest absolute Gasteiger partial charge is 0.502 e. The Morgan fingerprint density at radius 3 is 2.20 bits per heavy atom. The van der Waals surface area contributed by atoms with Gasteiger partial charge in [0.15, 0.2) is 0 Å². The Labute approximate surface area is 123 Å². The Morgan fingerprint density at radius 1 is 1.10 bits per heavy atom. The highest BCUT2D eigenvalue weighted by atomic mass is 28.4. The second-order valence-corrected chi connectivity index (χ2v) is 7.19. The summed E-state index contributed by atoms with van der Waals surface area (Å²) < 4.78 is 17.0. The van der Waals surface area contributed by atoms with E-state index in [0.717, 1.165) is 11.3 Å². The first kappa shape index (κ1) is 17.0. The predicted octanol–water partition coefficient (Wildman–Crippen LogP) is 3.15. The number of hydrogen-bond acceptors (Lipinski definition) is 4. The van der Waals surface area contributed by atoms with Crippen LogP contribution in [0.2, 0.25) is 6.04 Å². The summed E-state index contributed by atoms with van der Waals surface area (Å²) >= 11 is 0. The minimum Gasteiger partial charge on any atom is -0.377 e. The van der Waals surface area contributed by atoms with E-state index in [0.29, 0.717) is 25.8 Å². The molecule has 0 unspecified atom stereocenters. The standard InChI is InChI=1S/C15H25NO3Si/c1-5-18-20(17-4,19-6-2)13-12-16-14(3)15-10-8-7-9-11-15/h7-11H,5-6,12-13H2,1-4H3. The molecule has 1 aromatic carbocycles. The summed E-state index contributed by atoms with van der Waals surface area (Å²) in [6, 6.07) is 10.9. The molecule has 1 rings (SSSR count). The number of nitrogens with zero attached hydrogens (tertiary/aromatic N) is 1. The van der Waals surface area contributed by atoms with Crippen molar-refractivity contribution in [3.8, 4) is 0 Å². The van der Waals surface area contributed by atoms with Gasteiger partial charge in [0.05, 0.1) is 0 Å². The normalized spacial score (nSPS) is 12.7. The van der Waals surface area contributed by atoms with E-state index in [4.69, 9.17) is 13.3 Å². The third-order valence-electron chi connectivity index (χ3n) is 3.00. The van der Waals surface area contributed by atoms with Crippen molar-refractivity contribution >= 4 is 14.5 Å². The summed E-state index contributed by atoms with van der Waals surface area (Å²) in [5, 5.41) is 0. The molecule has 5 heteroatoms. The van der Waals surface area contributed by atoms with Gasteiger partial charge in [-0.25, -0.2) is 0 Å². The molecule has 1 aromatic rings. The molecule has 20 heavy (non-hydrogen) atoms. The van der Waals surface area contributed by atoms with Gasteiger partial charge in [0.1, 0.15) is 0 Å². The average Bonchev–Trinajstić information content (AvgIpc) is 2.48. The van der Waals surface area contributed by atoms with Crippen LogP contribution < -0.4 is 0 Å². The van der Waals surface area contributed by atoms with Crippen molar-refractivity contribution in [3.63, 3.8) is 0 Å². The van der Waals surface area contributed by atoms with Gasteiger partial charge in [-0.3, -0.25) is 4.99 Å². The fourth-order valence-electron chi connectivity index (χ4n) is 1.98. The molecule has 0 aliphatic heterocycles. The molecule has 0 bridgehead atoms. The highest BCUT2D eigenvalue weighted by molar-refractivity contribution is 6.60. The topological polar surface area (TPSA) is 40.0 Å². The Hall–Kier alpha value is -1.01. The zero-order chi connectivity index (χ0) is 14.8. The van der Waals surface area contributed by atoms with E-state index in [1.165, 1.54) is 0 Å². The minimum absolute atomic E-state index is 0.599. The van der Waals surface area contributed by atoms with Crippen LogP contribution in [0.3, 0.4) is 0 Å². The van der Waals surface area contributed by atoms with E-state index in [1.807, 2.05) is 39.0 Å². The monoisotopic (exact) mass is 295 g/mol. The second kappa shape index (κ2) is 9.02. The van der Waals surface area contributed by atoms with Gasteiger partial charge >= 0.3 is 8.80 Å². The van der Waals surface area contributed by atoms with E-state index in [9.17, 15) is 0 Å². The van der Waals surface area contributed by atoms with E-state index in [-0.39, 0.29) is 0 Å². The lowest BCUT2D eigenvalue weighted by atomic mass is 10.1. The SMILES string of the molecule is CCO[Si](CCN=C(C)c1ccccc1)(OC)OCC. The molecule has 0 N–H and O–H groups in total. The van der Waals surface area contributed by atoms with Gasteiger partial charge in [0, 0.05) is 38.6 Å². The Kier molecular flexibility index (Phi) is 7.69. The first-order valence-corrected chi connectivity index (χ1v) is 9.00. The molecule has 0 amide bonds. The highest BCUT2D eigenvalue weighted by Crippen LogP contribution is 2.15. The van der Waals surface area contributed by atoms with Crippen molar-refractivity contribution in [2.24, 2.45) is 4.99 Å². The van der Waals surface area contributed by atoms with Crippen LogP contribution in [0, 0.1) is 0 Å². The lowest BCUT2D eigenvalue weighted by Gasteiger charge is -2.26. The molecule has 112 valence electrons. The summed E-state index contributed by atoms with van der Waals surface area (Å²) in [6.07, 6.45) is 0. The maximum Gasteiger partial charge on any atom is 0.502 e. The molecule has 0 aliphatic carbocycles. The van der Waals surface area contributed by atoms with Gasteiger partial charge in [0.25, 0.3) is 0 Å². The summed E-state index contributed by atoms with van der Waals surface area (Å²) in [6.45, 7) is 7.78. The molecule has 0 saturated carbocycles. The predicted molar refractivity (Wildman–Crippen MR) is 84.3 cm³/mol. The Morgan fingerprint density at radius 2 is 1.70 bits per heavy atom. The van der Waals surface area contributed by atoms with Crippen molar-refractivity contribution in [3.05, 3.63) is 35.9 Å². The average molecular weight is 295 g/mol. The molecule has 0 heterocycles. The molecule has 0 spiro atoms. The van der Waals surface area contributed by atoms with Crippen LogP contribution in [0.4, 0.5) is 0 Å². The van der Waals surface area contributed by atoms with Gasteiger partial charge in [-0.05, 0) is 26.3 Å². The van der Waals surface area contributed by atoms with Gasteiger partial charge in [-0.15, -0.1) is 0 Å². The molecular formula is C15H25NO3Si. The molecule has 0 aliphatic rings.